The summed E-state index contributed by atoms with van der Waals surface area (Å²) in [5, 5.41) is 14.9. The molecule has 242 valence electrons. The summed E-state index contributed by atoms with van der Waals surface area (Å²) < 4.78 is 48.0. The monoisotopic (exact) mass is 658 g/mol. The normalized spacial score (nSPS) is 11.9. The predicted octanol–water partition coefficient (Wildman–Crippen LogP) is 12.2. The summed E-state index contributed by atoms with van der Waals surface area (Å²) in [5.41, 5.74) is 7.80. The van der Waals surface area contributed by atoms with E-state index >= 15 is 0 Å². The molecule has 4 nitrogen and oxygen atoms in total. The van der Waals surface area contributed by atoms with Gasteiger partial charge in [0, 0.05) is 21.5 Å². The van der Waals surface area contributed by atoms with E-state index in [9.17, 15) is 18.4 Å². The highest BCUT2D eigenvalue weighted by Gasteiger charge is 2.35. The predicted molar refractivity (Wildman–Crippen MR) is 195 cm³/mol. The van der Waals surface area contributed by atoms with E-state index in [0.29, 0.717) is 11.4 Å². The zero-order valence-electron chi connectivity index (χ0n) is 27.7. The highest BCUT2D eigenvalue weighted by molar-refractivity contribution is 6.12. The Morgan fingerprint density at radius 2 is 1.08 bits per heavy atom. The minimum atomic E-state index is -4.73. The van der Waals surface area contributed by atoms with Crippen LogP contribution in [0.2, 0.25) is 0 Å². The van der Waals surface area contributed by atoms with Crippen molar-refractivity contribution in [3.63, 3.8) is 0 Å². The van der Waals surface area contributed by atoms with Gasteiger partial charge >= 0.3 is 6.18 Å². The number of hydrogen-bond acceptors (Lipinski definition) is 1. The fraction of sp³-hybridized carbons (Fsp3) is 0.116. The van der Waals surface area contributed by atoms with Gasteiger partial charge in [0.2, 0.25) is 0 Å². The van der Waals surface area contributed by atoms with E-state index in [4.69, 9.17) is 6.57 Å². The Bertz CT molecular complexity index is 2700. The molecule has 8 rings (SSSR count). The van der Waals surface area contributed by atoms with Crippen LogP contribution < -0.4 is 0 Å². The van der Waals surface area contributed by atoms with Crippen LogP contribution >= 0.6 is 0 Å². The van der Waals surface area contributed by atoms with Gasteiger partial charge in [-0.25, -0.2) is 4.85 Å². The van der Waals surface area contributed by atoms with Gasteiger partial charge in [-0.3, -0.25) is 0 Å². The Kier molecular flexibility index (Phi) is 6.89. The molecule has 0 radical (unpaired) electrons. The van der Waals surface area contributed by atoms with Crippen molar-refractivity contribution in [2.24, 2.45) is 0 Å². The maximum atomic E-state index is 14.6. The lowest BCUT2D eigenvalue weighted by Crippen LogP contribution is -2.09. The summed E-state index contributed by atoms with van der Waals surface area (Å²) in [5.74, 6) is 0. The second-order valence-corrected chi connectivity index (χ2v) is 13.1. The van der Waals surface area contributed by atoms with E-state index in [0.717, 1.165) is 71.9 Å². The van der Waals surface area contributed by atoms with Gasteiger partial charge in [0.15, 0.2) is 5.69 Å². The van der Waals surface area contributed by atoms with Crippen LogP contribution in [0, 0.1) is 45.6 Å². The quantitative estimate of drug-likeness (QED) is 0.174. The molecular weight excluding hydrogens is 629 g/mol. The maximum absolute atomic E-state index is 14.6. The minimum Gasteiger partial charge on any atom is -0.307 e. The fourth-order valence-corrected chi connectivity index (χ4v) is 7.43. The number of alkyl halides is 3. The molecule has 0 saturated heterocycles. The Morgan fingerprint density at radius 1 is 0.620 bits per heavy atom. The lowest BCUT2D eigenvalue weighted by atomic mass is 9.94. The van der Waals surface area contributed by atoms with Crippen LogP contribution in [0.25, 0.3) is 71.0 Å². The van der Waals surface area contributed by atoms with E-state index in [1.165, 1.54) is 18.2 Å². The fourth-order valence-electron chi connectivity index (χ4n) is 7.43. The van der Waals surface area contributed by atoms with Crippen LogP contribution in [-0.4, -0.2) is 9.13 Å². The van der Waals surface area contributed by atoms with Crippen LogP contribution in [0.4, 0.5) is 18.9 Å². The SMILES string of the molecule is [C-]#[N+]c1cccc(C(F)(F)F)c1-c1cc(C#N)c(-n2c3ccc(C)cc3c3cc(C)ccc32)c(-n2c3ccc(C)cc3c3cc(C)ccc32)c1. The topological polar surface area (TPSA) is 38.0 Å². The molecule has 0 N–H and O–H groups in total. The number of hydrogen-bond donors (Lipinski definition) is 0. The number of aryl methyl sites for hydroxylation is 4. The molecular formula is C43H29F3N4. The van der Waals surface area contributed by atoms with Crippen LogP contribution in [0.5, 0.6) is 0 Å². The zero-order valence-corrected chi connectivity index (χ0v) is 27.7. The second-order valence-electron chi connectivity index (χ2n) is 13.1. The molecule has 7 heteroatoms. The van der Waals surface area contributed by atoms with Crippen molar-refractivity contribution in [3.8, 4) is 28.6 Å². The summed E-state index contributed by atoms with van der Waals surface area (Å²) in [4.78, 5) is 3.51. The average Bonchev–Trinajstić information content (AvgIpc) is 3.57. The Morgan fingerprint density at radius 3 is 1.50 bits per heavy atom. The Hall–Kier alpha value is -6.31. The molecule has 6 aromatic carbocycles. The zero-order chi connectivity index (χ0) is 35.1. The first-order valence-electron chi connectivity index (χ1n) is 16.2. The molecule has 2 aromatic heterocycles. The second kappa shape index (κ2) is 11.1. The number of fused-ring (bicyclic) bond motifs is 6. The summed E-state index contributed by atoms with van der Waals surface area (Å²) in [6, 6.07) is 33.9. The summed E-state index contributed by atoms with van der Waals surface area (Å²) in [6.07, 6.45) is -4.73. The van der Waals surface area contributed by atoms with Crippen molar-refractivity contribution in [1.82, 2.24) is 9.13 Å². The van der Waals surface area contributed by atoms with Gasteiger partial charge in [0.25, 0.3) is 0 Å². The van der Waals surface area contributed by atoms with E-state index in [-0.39, 0.29) is 22.4 Å². The van der Waals surface area contributed by atoms with Crippen LogP contribution in [-0.2, 0) is 6.18 Å². The number of rotatable bonds is 3. The summed E-state index contributed by atoms with van der Waals surface area (Å²) in [6.45, 7) is 16.0. The highest BCUT2D eigenvalue weighted by atomic mass is 19.4. The van der Waals surface area contributed by atoms with Crippen molar-refractivity contribution >= 4 is 49.3 Å². The first kappa shape index (κ1) is 31.0. The summed E-state index contributed by atoms with van der Waals surface area (Å²) >= 11 is 0. The van der Waals surface area contributed by atoms with E-state index < -0.39 is 11.7 Å². The van der Waals surface area contributed by atoms with Gasteiger partial charge in [-0.05, 0) is 99.5 Å². The molecule has 0 unspecified atom stereocenters. The number of aromatic nitrogens is 2. The molecule has 8 aromatic rings. The number of halogens is 3. The van der Waals surface area contributed by atoms with Crippen LogP contribution in [0.15, 0.2) is 103 Å². The maximum Gasteiger partial charge on any atom is 0.415 e. The van der Waals surface area contributed by atoms with Crippen molar-refractivity contribution in [2.45, 2.75) is 33.9 Å². The molecule has 0 amide bonds. The van der Waals surface area contributed by atoms with Crippen molar-refractivity contribution in [2.75, 3.05) is 0 Å². The molecule has 0 atom stereocenters. The van der Waals surface area contributed by atoms with Gasteiger partial charge in [0.05, 0.1) is 51.1 Å². The van der Waals surface area contributed by atoms with Crippen molar-refractivity contribution in [3.05, 3.63) is 148 Å². The van der Waals surface area contributed by atoms with E-state index in [1.807, 2.05) is 76.2 Å². The molecule has 2 heterocycles. The minimum absolute atomic E-state index is 0.140. The van der Waals surface area contributed by atoms with Gasteiger partial charge in [-0.2, -0.15) is 18.4 Å². The third-order valence-corrected chi connectivity index (χ3v) is 9.58. The van der Waals surface area contributed by atoms with Crippen molar-refractivity contribution < 1.29 is 13.2 Å². The molecule has 0 bridgehead atoms. The van der Waals surface area contributed by atoms with Crippen LogP contribution in [0.3, 0.4) is 0 Å². The van der Waals surface area contributed by atoms with E-state index in [2.05, 4.69) is 44.3 Å². The molecule has 0 aliphatic carbocycles. The third-order valence-electron chi connectivity index (χ3n) is 9.58. The molecule has 0 aliphatic heterocycles. The molecule has 50 heavy (non-hydrogen) atoms. The molecule has 0 aliphatic rings. The van der Waals surface area contributed by atoms with Gasteiger partial charge in [0.1, 0.15) is 6.07 Å². The highest BCUT2D eigenvalue weighted by Crippen LogP contribution is 2.46. The molecule has 0 fully saturated rings. The smallest absolute Gasteiger partial charge is 0.307 e. The Labute approximate surface area is 286 Å². The lowest BCUT2D eigenvalue weighted by molar-refractivity contribution is -0.137. The largest absolute Gasteiger partial charge is 0.415 e. The molecule has 0 spiro atoms. The lowest BCUT2D eigenvalue weighted by Gasteiger charge is -2.21. The number of nitrogens with zero attached hydrogens (tertiary/aromatic N) is 4. The first-order chi connectivity index (χ1) is 24.0. The number of nitriles is 1. The van der Waals surface area contributed by atoms with Crippen LogP contribution in [0.1, 0.15) is 33.4 Å². The standard InChI is InChI=1S/C43H29F3N4/c1-24-9-13-36-30(17-24)31-18-25(2)10-14-37(31)49(36)40-22-28(41-34(43(44,45)46)7-6-8-35(41)48-5)21-29(23-47)42(40)50-38-15-11-26(3)19-32(38)33-20-27(4)12-16-39(33)50/h6-22H,1-4H3. The van der Waals surface area contributed by atoms with Gasteiger partial charge < -0.3 is 9.13 Å². The average molecular weight is 659 g/mol. The van der Waals surface area contributed by atoms with Crippen molar-refractivity contribution in [1.29, 1.82) is 5.26 Å². The Balaban J connectivity index is 1.62. The van der Waals surface area contributed by atoms with E-state index in [1.54, 1.807) is 6.07 Å². The first-order valence-corrected chi connectivity index (χ1v) is 16.2. The van der Waals surface area contributed by atoms with Gasteiger partial charge in [-0.15, -0.1) is 0 Å². The summed E-state index contributed by atoms with van der Waals surface area (Å²) in [7, 11) is 0. The number of benzene rings is 6. The van der Waals surface area contributed by atoms with Gasteiger partial charge in [-0.1, -0.05) is 64.7 Å². The molecule has 0 saturated carbocycles. The third kappa shape index (κ3) is 4.66.